The molecule has 0 spiro atoms. The molecule has 0 radical (unpaired) electrons. The van der Waals surface area contributed by atoms with Crippen molar-refractivity contribution in [3.8, 4) is 0 Å². The van der Waals surface area contributed by atoms with Gasteiger partial charge in [0.15, 0.2) is 0 Å². The van der Waals surface area contributed by atoms with Gasteiger partial charge in [-0.1, -0.05) is 53.7 Å². The molecule has 0 unspecified atom stereocenters. The smallest absolute Gasteiger partial charge is 0.0711 e. The van der Waals surface area contributed by atoms with E-state index < -0.39 is 0 Å². The quantitative estimate of drug-likeness (QED) is 0.635. The average molecular weight is 255 g/mol. The maximum atomic E-state index is 4.88. The summed E-state index contributed by atoms with van der Waals surface area (Å²) in [6.07, 6.45) is 0. The zero-order valence-corrected chi connectivity index (χ0v) is 13.3. The Kier molecular flexibility index (Phi) is 3.20. The number of nitrogens with zero attached hydrogens (tertiary/aromatic N) is 1. The topological polar surface area (TPSA) is 12.9 Å². The van der Waals surface area contributed by atoms with Gasteiger partial charge in [0.2, 0.25) is 0 Å². The van der Waals surface area contributed by atoms with Crippen molar-refractivity contribution >= 4 is 10.9 Å². The number of hydrogen-bond donors (Lipinski definition) is 0. The van der Waals surface area contributed by atoms with E-state index >= 15 is 0 Å². The number of aryl methyl sites for hydroxylation is 1. The highest BCUT2D eigenvalue weighted by Gasteiger charge is 2.23. The molecule has 102 valence electrons. The molecule has 1 heterocycles. The van der Waals surface area contributed by atoms with Gasteiger partial charge in [-0.05, 0) is 35.6 Å². The summed E-state index contributed by atoms with van der Waals surface area (Å²) in [5.74, 6) is 0. The summed E-state index contributed by atoms with van der Waals surface area (Å²) < 4.78 is 0. The van der Waals surface area contributed by atoms with E-state index in [-0.39, 0.29) is 10.8 Å². The average Bonchev–Trinajstić information content (AvgIpc) is 2.24. The number of hydrogen-bond acceptors (Lipinski definition) is 1. The summed E-state index contributed by atoms with van der Waals surface area (Å²) in [6.45, 7) is 15.6. The molecule has 0 N–H and O–H groups in total. The van der Waals surface area contributed by atoms with Crippen LogP contribution in [-0.2, 0) is 10.8 Å². The zero-order valence-electron chi connectivity index (χ0n) is 13.3. The standard InChI is InChI=1S/C18H25N/c1-12-8-9-13-14(17(2,3)4)11-16(18(5,6)7)19-15(13)10-12/h8-11H,1-7H3. The molecule has 1 aromatic carbocycles. The van der Waals surface area contributed by atoms with E-state index in [2.05, 4.69) is 72.7 Å². The van der Waals surface area contributed by atoms with Gasteiger partial charge in [-0.2, -0.15) is 0 Å². The van der Waals surface area contributed by atoms with Crippen LogP contribution in [0.5, 0.6) is 0 Å². The van der Waals surface area contributed by atoms with Crippen LogP contribution in [0.3, 0.4) is 0 Å². The number of fused-ring (bicyclic) bond motifs is 1. The molecule has 0 aliphatic rings. The Morgan fingerprint density at radius 2 is 1.47 bits per heavy atom. The summed E-state index contributed by atoms with van der Waals surface area (Å²) in [6, 6.07) is 8.87. The van der Waals surface area contributed by atoms with E-state index in [9.17, 15) is 0 Å². The van der Waals surface area contributed by atoms with Gasteiger partial charge >= 0.3 is 0 Å². The Balaban J connectivity index is 2.84. The van der Waals surface area contributed by atoms with Gasteiger partial charge in [0.1, 0.15) is 0 Å². The van der Waals surface area contributed by atoms with Crippen molar-refractivity contribution in [1.29, 1.82) is 0 Å². The minimum Gasteiger partial charge on any atom is -0.252 e. The second-order valence-corrected chi connectivity index (χ2v) is 7.58. The van der Waals surface area contributed by atoms with Gasteiger partial charge < -0.3 is 0 Å². The second-order valence-electron chi connectivity index (χ2n) is 7.58. The molecule has 0 aliphatic carbocycles. The maximum absolute atomic E-state index is 4.88. The maximum Gasteiger partial charge on any atom is 0.0711 e. The van der Waals surface area contributed by atoms with Crippen LogP contribution < -0.4 is 0 Å². The predicted octanol–water partition coefficient (Wildman–Crippen LogP) is 5.14. The van der Waals surface area contributed by atoms with Crippen LogP contribution in [0.2, 0.25) is 0 Å². The fraction of sp³-hybridized carbons (Fsp3) is 0.500. The van der Waals surface area contributed by atoms with Gasteiger partial charge in [-0.15, -0.1) is 0 Å². The van der Waals surface area contributed by atoms with E-state index in [1.807, 2.05) is 0 Å². The SMILES string of the molecule is Cc1ccc2c(C(C)(C)C)cc(C(C)(C)C)nc2c1. The first-order chi connectivity index (χ1) is 8.59. The Morgan fingerprint density at radius 3 is 2.00 bits per heavy atom. The molecule has 1 nitrogen and oxygen atoms in total. The molecule has 0 atom stereocenters. The fourth-order valence-electron chi connectivity index (χ4n) is 2.34. The molecular formula is C18H25N. The normalized spacial score (nSPS) is 13.0. The lowest BCUT2D eigenvalue weighted by Gasteiger charge is -2.26. The minimum atomic E-state index is 0.0813. The lowest BCUT2D eigenvalue weighted by Crippen LogP contribution is -2.18. The number of pyridine rings is 1. The molecule has 0 fully saturated rings. The predicted molar refractivity (Wildman–Crippen MR) is 83.9 cm³/mol. The summed E-state index contributed by atoms with van der Waals surface area (Å²) in [4.78, 5) is 4.88. The van der Waals surface area contributed by atoms with Crippen molar-refractivity contribution in [2.24, 2.45) is 0 Å². The van der Waals surface area contributed by atoms with E-state index in [1.54, 1.807) is 0 Å². The lowest BCUT2D eigenvalue weighted by molar-refractivity contribution is 0.558. The molecule has 1 aromatic heterocycles. The summed E-state index contributed by atoms with van der Waals surface area (Å²) in [5, 5.41) is 1.28. The highest BCUT2D eigenvalue weighted by molar-refractivity contribution is 5.84. The highest BCUT2D eigenvalue weighted by atomic mass is 14.7. The molecule has 0 saturated carbocycles. The van der Waals surface area contributed by atoms with Crippen LogP contribution in [0, 0.1) is 6.92 Å². The van der Waals surface area contributed by atoms with Crippen LogP contribution in [0.4, 0.5) is 0 Å². The Hall–Kier alpha value is -1.37. The molecule has 0 bridgehead atoms. The first kappa shape index (κ1) is 14.0. The molecule has 2 aromatic rings. The largest absolute Gasteiger partial charge is 0.252 e. The first-order valence-corrected chi connectivity index (χ1v) is 7.01. The molecule has 19 heavy (non-hydrogen) atoms. The van der Waals surface area contributed by atoms with Gasteiger partial charge in [0.05, 0.1) is 5.52 Å². The number of aromatic nitrogens is 1. The van der Waals surface area contributed by atoms with Crippen LogP contribution in [-0.4, -0.2) is 4.98 Å². The molecule has 0 amide bonds. The lowest BCUT2D eigenvalue weighted by atomic mass is 9.81. The summed E-state index contributed by atoms with van der Waals surface area (Å²) in [7, 11) is 0. The third-order valence-corrected chi connectivity index (χ3v) is 3.54. The van der Waals surface area contributed by atoms with Crippen molar-refractivity contribution in [1.82, 2.24) is 4.98 Å². The van der Waals surface area contributed by atoms with E-state index in [4.69, 9.17) is 4.98 Å². The minimum absolute atomic E-state index is 0.0813. The van der Waals surface area contributed by atoms with E-state index in [1.165, 1.54) is 22.2 Å². The van der Waals surface area contributed by atoms with Crippen molar-refractivity contribution < 1.29 is 0 Å². The molecule has 1 heteroatoms. The third kappa shape index (κ3) is 2.80. The number of rotatable bonds is 0. The van der Waals surface area contributed by atoms with Gasteiger partial charge in [-0.3, -0.25) is 4.98 Å². The molecular weight excluding hydrogens is 230 g/mol. The second kappa shape index (κ2) is 4.33. The van der Waals surface area contributed by atoms with Gasteiger partial charge in [-0.25, -0.2) is 0 Å². The fourth-order valence-corrected chi connectivity index (χ4v) is 2.34. The van der Waals surface area contributed by atoms with Crippen molar-refractivity contribution in [3.05, 3.63) is 41.1 Å². The van der Waals surface area contributed by atoms with Crippen LogP contribution >= 0.6 is 0 Å². The Morgan fingerprint density at radius 1 is 0.842 bits per heavy atom. The van der Waals surface area contributed by atoms with Gasteiger partial charge in [0, 0.05) is 16.5 Å². The van der Waals surface area contributed by atoms with Crippen molar-refractivity contribution in [3.63, 3.8) is 0 Å². The van der Waals surface area contributed by atoms with Gasteiger partial charge in [0.25, 0.3) is 0 Å². The van der Waals surface area contributed by atoms with Crippen molar-refractivity contribution in [2.45, 2.75) is 59.3 Å². The van der Waals surface area contributed by atoms with Crippen LogP contribution in [0.15, 0.2) is 24.3 Å². The first-order valence-electron chi connectivity index (χ1n) is 7.01. The molecule has 0 saturated heterocycles. The van der Waals surface area contributed by atoms with E-state index in [0.717, 1.165) is 5.52 Å². The Bertz CT molecular complexity index is 610. The monoisotopic (exact) mass is 255 g/mol. The van der Waals surface area contributed by atoms with Crippen LogP contribution in [0.25, 0.3) is 10.9 Å². The highest BCUT2D eigenvalue weighted by Crippen LogP contribution is 2.33. The number of benzene rings is 1. The van der Waals surface area contributed by atoms with Crippen LogP contribution in [0.1, 0.15) is 58.4 Å². The Labute approximate surface area is 117 Å². The van der Waals surface area contributed by atoms with Crippen molar-refractivity contribution in [2.75, 3.05) is 0 Å². The third-order valence-electron chi connectivity index (χ3n) is 3.54. The molecule has 2 rings (SSSR count). The molecule has 0 aliphatic heterocycles. The zero-order chi connectivity index (χ0) is 14.4. The van der Waals surface area contributed by atoms with E-state index in [0.29, 0.717) is 0 Å². The summed E-state index contributed by atoms with van der Waals surface area (Å²) >= 11 is 0. The summed E-state index contributed by atoms with van der Waals surface area (Å²) in [5.41, 5.74) is 5.18.